The van der Waals surface area contributed by atoms with E-state index in [0.717, 1.165) is 77.5 Å². The second-order valence-corrected chi connectivity index (χ2v) is 35.5. The van der Waals surface area contributed by atoms with Crippen molar-refractivity contribution >= 4 is 17.9 Å². The van der Waals surface area contributed by atoms with Gasteiger partial charge in [-0.1, -0.05) is 114 Å². The maximum absolute atomic E-state index is 11.3. The molecule has 6 aliphatic carbocycles. The third-order valence-electron chi connectivity index (χ3n) is 22.4. The number of carboxylic acids is 3. The zero-order valence-corrected chi connectivity index (χ0v) is 66.8. The number of hydrogen-bond acceptors (Lipinski definition) is 18. The molecule has 12 unspecified atom stereocenters. The minimum absolute atomic E-state index is 0.107. The quantitative estimate of drug-likeness (QED) is 0.0252. The molecule has 0 bridgehead atoms. The Kier molecular flexibility index (Phi) is 38.4. The maximum atomic E-state index is 11.3. The van der Waals surface area contributed by atoms with E-state index in [0.29, 0.717) is 163 Å². The predicted molar refractivity (Wildman–Crippen MR) is 421 cm³/mol. The molecule has 0 heterocycles. The zero-order valence-electron chi connectivity index (χ0n) is 66.8. The Labute approximate surface area is 643 Å². The van der Waals surface area contributed by atoms with E-state index in [9.17, 15) is 106 Å². The first-order chi connectivity index (χ1) is 50.3. The van der Waals surface area contributed by atoms with Crippen LogP contribution in [0.1, 0.15) is 256 Å². The highest BCUT2D eigenvalue weighted by Crippen LogP contribution is 2.39. The van der Waals surface area contributed by atoms with E-state index in [1.54, 1.807) is 114 Å². The van der Waals surface area contributed by atoms with Crippen LogP contribution >= 0.6 is 0 Å². The third kappa shape index (κ3) is 31.7. The summed E-state index contributed by atoms with van der Waals surface area (Å²) in [6.45, 7) is 22.5. The van der Waals surface area contributed by atoms with Crippen LogP contribution in [-0.2, 0) is 14.4 Å². The number of carboxylic acid groups (broad SMARTS) is 3. The van der Waals surface area contributed by atoms with Crippen LogP contribution in [0.5, 0.6) is 0 Å². The van der Waals surface area contributed by atoms with Crippen LogP contribution in [0.2, 0.25) is 0 Å². The van der Waals surface area contributed by atoms with Gasteiger partial charge in [-0.25, -0.2) is 0 Å². The number of carbonyl (C=O) groups is 3. The molecular weight excluding hydrogens is 1380 g/mol. The average Bonchev–Trinajstić information content (AvgIpc) is 0.845. The first-order valence-corrected chi connectivity index (χ1v) is 39.4. The van der Waals surface area contributed by atoms with Crippen molar-refractivity contribution in [1.82, 2.24) is 0 Å². The van der Waals surface area contributed by atoms with Gasteiger partial charge in [0.05, 0.1) is 89.5 Å². The fourth-order valence-electron chi connectivity index (χ4n) is 14.6. The summed E-state index contributed by atoms with van der Waals surface area (Å²) in [6.07, 6.45) is 27.7. The lowest BCUT2D eigenvalue weighted by Crippen LogP contribution is -2.25. The van der Waals surface area contributed by atoms with Crippen molar-refractivity contribution in [3.05, 3.63) is 140 Å². The molecule has 0 spiro atoms. The Balaban J connectivity index is 0.000000342. The van der Waals surface area contributed by atoms with Gasteiger partial charge in [-0.15, -0.1) is 0 Å². The summed E-state index contributed by atoms with van der Waals surface area (Å²) in [5.74, 6) is -2.58. The fourth-order valence-corrected chi connectivity index (χ4v) is 14.6. The highest BCUT2D eigenvalue weighted by molar-refractivity contribution is 5.74. The topological polar surface area (TPSA) is 415 Å². The van der Waals surface area contributed by atoms with Gasteiger partial charge in [0.2, 0.25) is 0 Å². The molecule has 21 heteroatoms. The molecule has 0 fully saturated rings. The summed E-state index contributed by atoms with van der Waals surface area (Å²) in [5.41, 5.74) is 6.00. The minimum Gasteiger partial charge on any atom is -0.481 e. The maximum Gasteiger partial charge on any atom is 0.309 e. The number of hydrogen-bond donors (Lipinski definition) is 18. The standard InChI is InChI=1S/C29H44O8.C29H46O7.C29H48O6/c1-28(2,26(34)35)12-6-10-20-16-22(30)14-18(24(20)32)8-5-9-19-15-23(31)17-21(25(19)33)11-7-13-29(3,4)27(36)37;1-28(2,18-30)12-6-10-21-16-23(31)14-19(25(21)33)8-5-9-20-15-24(32)17-22(26(20)34)11-7-13-29(3,4)27(35)36;1-28(2,18-30)12-6-10-22-16-24(32)14-20(26(22)34)8-5-9-21-15-25(33)17-23(27(21)35)11-7-13-29(3,4)19-31/h14-17,22-25,30-33H,5-13H2,1-4H3,(H,34,35)(H,36,37);14-17,23-26,30-34H,5-13,18H2,1-4H3,(H,35,36);14-17,24-27,30-35H,5-13,18-19H2,1-4H3. The van der Waals surface area contributed by atoms with Crippen molar-refractivity contribution in [1.29, 1.82) is 0 Å². The highest BCUT2D eigenvalue weighted by Gasteiger charge is 2.34. The van der Waals surface area contributed by atoms with Crippen molar-refractivity contribution in [3.63, 3.8) is 0 Å². The molecule has 21 nitrogen and oxygen atoms in total. The highest BCUT2D eigenvalue weighted by atomic mass is 16.4. The van der Waals surface area contributed by atoms with Crippen molar-refractivity contribution in [2.24, 2.45) is 32.5 Å². The Morgan fingerprint density at radius 2 is 0.352 bits per heavy atom. The van der Waals surface area contributed by atoms with Gasteiger partial charge in [-0.05, 0) is 298 Å². The molecule has 6 rings (SSSR count). The van der Waals surface area contributed by atoms with Crippen LogP contribution in [0.4, 0.5) is 0 Å². The van der Waals surface area contributed by atoms with Crippen LogP contribution in [-0.4, -0.2) is 203 Å². The Morgan fingerprint density at radius 3 is 0.472 bits per heavy atom. The normalized spacial score (nSPS) is 25.1. The van der Waals surface area contributed by atoms with Gasteiger partial charge in [-0.2, -0.15) is 0 Å². The van der Waals surface area contributed by atoms with Gasteiger partial charge in [-0.3, -0.25) is 14.4 Å². The lowest BCUT2D eigenvalue weighted by Gasteiger charge is -2.28. The van der Waals surface area contributed by atoms with Crippen LogP contribution in [0.3, 0.4) is 0 Å². The van der Waals surface area contributed by atoms with Gasteiger partial charge in [0, 0.05) is 19.8 Å². The number of aliphatic hydroxyl groups is 15. The molecule has 612 valence electrons. The van der Waals surface area contributed by atoms with Crippen LogP contribution < -0.4 is 0 Å². The molecule has 108 heavy (non-hydrogen) atoms. The lowest BCUT2D eigenvalue weighted by molar-refractivity contribution is -0.148. The second kappa shape index (κ2) is 43.6. The number of aliphatic carboxylic acids is 3. The zero-order chi connectivity index (χ0) is 81.3. The van der Waals surface area contributed by atoms with E-state index in [1.165, 1.54) is 0 Å². The molecule has 0 aromatic rings. The molecule has 0 saturated carbocycles. The van der Waals surface area contributed by atoms with Crippen LogP contribution in [0.25, 0.3) is 0 Å². The van der Waals surface area contributed by atoms with Crippen molar-refractivity contribution in [2.45, 2.75) is 330 Å². The lowest BCUT2D eigenvalue weighted by atomic mass is 9.82. The number of rotatable bonds is 42. The molecule has 18 N–H and O–H groups in total. The molecule has 0 aliphatic heterocycles. The third-order valence-corrected chi connectivity index (χ3v) is 22.4. The van der Waals surface area contributed by atoms with E-state index >= 15 is 0 Å². The van der Waals surface area contributed by atoms with Gasteiger partial charge in [0.25, 0.3) is 0 Å². The van der Waals surface area contributed by atoms with Crippen molar-refractivity contribution in [2.75, 3.05) is 19.8 Å². The van der Waals surface area contributed by atoms with Gasteiger partial charge < -0.3 is 91.9 Å². The van der Waals surface area contributed by atoms with Crippen molar-refractivity contribution in [3.8, 4) is 0 Å². The van der Waals surface area contributed by atoms with Gasteiger partial charge in [0.1, 0.15) is 0 Å². The summed E-state index contributed by atoms with van der Waals surface area (Å²) < 4.78 is 0. The molecule has 0 saturated heterocycles. The molecule has 6 aliphatic rings. The molecular formula is C87H138O21. The summed E-state index contributed by atoms with van der Waals surface area (Å²) >= 11 is 0. The fraction of sp³-hybridized carbons (Fsp3) is 0.690. The Morgan fingerprint density at radius 1 is 0.231 bits per heavy atom. The largest absolute Gasteiger partial charge is 0.481 e. The van der Waals surface area contributed by atoms with Gasteiger partial charge >= 0.3 is 17.9 Å². The van der Waals surface area contributed by atoms with E-state index < -0.39 is 107 Å². The molecule has 0 aromatic carbocycles. The summed E-state index contributed by atoms with van der Waals surface area (Å²) in [7, 11) is 0. The SMILES string of the molecule is CC(C)(CCCC1=CC(O)C=C(CCCC2=CC(O)C=C(CCCC(C)(C)C(=O)O)C2O)C1O)C(=O)O.CC(C)(CO)CCCC1=CC(O)C=C(CCCC2=CC(O)C=C(CCCC(C)(C)C(=O)O)C2O)C1O.CC(C)(CO)CCCC1=CC(O)C=C(CCCC2=CC(O)C=C(CCCC(C)(C)CO)C2O)C1O. The van der Waals surface area contributed by atoms with E-state index in [4.69, 9.17) is 0 Å². The van der Waals surface area contributed by atoms with Crippen LogP contribution in [0, 0.1) is 32.5 Å². The van der Waals surface area contributed by atoms with Crippen LogP contribution in [0.15, 0.2) is 140 Å². The first kappa shape index (κ1) is 95.1. The molecule has 0 aromatic heterocycles. The monoisotopic (exact) mass is 1520 g/mol. The molecule has 12 atom stereocenters. The minimum atomic E-state index is -0.863. The smallest absolute Gasteiger partial charge is 0.309 e. The van der Waals surface area contributed by atoms with Crippen molar-refractivity contribution < 1.29 is 106 Å². The Bertz CT molecular complexity index is 3180. The molecule has 0 radical (unpaired) electrons. The first-order valence-electron chi connectivity index (χ1n) is 39.4. The Hall–Kier alpha value is -5.31. The predicted octanol–water partition coefficient (Wildman–Crippen LogP) is 11.4. The number of aliphatic hydroxyl groups excluding tert-OH is 15. The van der Waals surface area contributed by atoms with E-state index in [1.807, 2.05) is 41.5 Å². The second-order valence-electron chi connectivity index (χ2n) is 35.5. The molecule has 0 amide bonds. The summed E-state index contributed by atoms with van der Waals surface area (Å²) in [4.78, 5) is 34.0. The van der Waals surface area contributed by atoms with E-state index in [2.05, 4.69) is 0 Å². The van der Waals surface area contributed by atoms with E-state index in [-0.39, 0.29) is 36.1 Å². The summed E-state index contributed by atoms with van der Waals surface area (Å²) in [5, 5.41) is 183. The summed E-state index contributed by atoms with van der Waals surface area (Å²) in [6, 6.07) is 0. The van der Waals surface area contributed by atoms with Gasteiger partial charge in [0.15, 0.2) is 0 Å². The average molecular weight is 1520 g/mol.